The largest absolute Gasteiger partial charge is 0.387 e. The topological polar surface area (TPSA) is 32.3 Å². The quantitative estimate of drug-likeness (QED) is 0.531. The zero-order valence-electron chi connectivity index (χ0n) is 8.32. The minimum Gasteiger partial charge on any atom is -0.387 e. The van der Waals surface area contributed by atoms with Gasteiger partial charge in [0.05, 0.1) is 6.10 Å². The third kappa shape index (κ3) is 3.73. The highest BCUT2D eigenvalue weighted by molar-refractivity contribution is 5.17. The van der Waals surface area contributed by atoms with Crippen molar-refractivity contribution in [3.05, 3.63) is 48.6 Å². The van der Waals surface area contributed by atoms with E-state index in [1.165, 1.54) is 0 Å². The summed E-state index contributed by atoms with van der Waals surface area (Å²) in [6.07, 6.45) is 2.38. The second-order valence-corrected chi connectivity index (χ2v) is 3.21. The molecule has 0 aliphatic rings. The Balaban J connectivity index is 2.28. The molecule has 0 radical (unpaired) electrons. The van der Waals surface area contributed by atoms with E-state index in [9.17, 15) is 5.11 Å². The first kappa shape index (κ1) is 11.0. The molecule has 76 valence electrons. The summed E-state index contributed by atoms with van der Waals surface area (Å²) in [5.74, 6) is 0. The molecule has 0 aliphatic heterocycles. The highest BCUT2D eigenvalue weighted by Crippen LogP contribution is 2.10. The van der Waals surface area contributed by atoms with E-state index in [0.29, 0.717) is 6.54 Å². The lowest BCUT2D eigenvalue weighted by Gasteiger charge is -2.11. The molecule has 0 heterocycles. The Morgan fingerprint density at radius 2 is 2.07 bits per heavy atom. The molecule has 0 bridgehead atoms. The van der Waals surface area contributed by atoms with Gasteiger partial charge in [-0.25, -0.2) is 0 Å². The SMILES string of the molecule is C=CCCNCC(O)c1ccccc1. The zero-order chi connectivity index (χ0) is 10.2. The molecule has 0 fully saturated rings. The molecular weight excluding hydrogens is 174 g/mol. The first-order chi connectivity index (χ1) is 6.84. The summed E-state index contributed by atoms with van der Waals surface area (Å²) in [7, 11) is 0. The number of benzene rings is 1. The molecule has 0 aliphatic carbocycles. The van der Waals surface area contributed by atoms with Crippen LogP contribution in [0.1, 0.15) is 18.1 Å². The number of aliphatic hydroxyl groups is 1. The van der Waals surface area contributed by atoms with E-state index >= 15 is 0 Å². The van der Waals surface area contributed by atoms with Crippen molar-refractivity contribution in [1.82, 2.24) is 5.32 Å². The summed E-state index contributed by atoms with van der Waals surface area (Å²) in [4.78, 5) is 0. The molecule has 1 rings (SSSR count). The highest BCUT2D eigenvalue weighted by atomic mass is 16.3. The number of nitrogens with one attached hydrogen (secondary N) is 1. The van der Waals surface area contributed by atoms with Gasteiger partial charge in [-0.3, -0.25) is 0 Å². The van der Waals surface area contributed by atoms with Crippen molar-refractivity contribution >= 4 is 0 Å². The van der Waals surface area contributed by atoms with Crippen LogP contribution in [0.25, 0.3) is 0 Å². The lowest BCUT2D eigenvalue weighted by Crippen LogP contribution is -2.22. The second-order valence-electron chi connectivity index (χ2n) is 3.21. The Labute approximate surface area is 85.3 Å². The van der Waals surface area contributed by atoms with Gasteiger partial charge in [-0.05, 0) is 18.5 Å². The Morgan fingerprint density at radius 1 is 1.36 bits per heavy atom. The molecule has 14 heavy (non-hydrogen) atoms. The van der Waals surface area contributed by atoms with Crippen molar-refractivity contribution in [1.29, 1.82) is 0 Å². The third-order valence-corrected chi connectivity index (χ3v) is 2.05. The van der Waals surface area contributed by atoms with E-state index in [1.54, 1.807) is 0 Å². The maximum absolute atomic E-state index is 9.73. The van der Waals surface area contributed by atoms with Crippen molar-refractivity contribution < 1.29 is 5.11 Å². The van der Waals surface area contributed by atoms with E-state index in [-0.39, 0.29) is 0 Å². The predicted molar refractivity (Wildman–Crippen MR) is 59.1 cm³/mol. The number of hydrogen-bond acceptors (Lipinski definition) is 2. The van der Waals surface area contributed by atoms with Crippen molar-refractivity contribution in [3.63, 3.8) is 0 Å². The van der Waals surface area contributed by atoms with Gasteiger partial charge in [-0.2, -0.15) is 0 Å². The van der Waals surface area contributed by atoms with Crippen LogP contribution >= 0.6 is 0 Å². The first-order valence-electron chi connectivity index (χ1n) is 4.89. The van der Waals surface area contributed by atoms with Crippen LogP contribution in [0.15, 0.2) is 43.0 Å². The van der Waals surface area contributed by atoms with E-state index in [2.05, 4.69) is 11.9 Å². The molecule has 1 atom stereocenters. The summed E-state index contributed by atoms with van der Waals surface area (Å²) in [6, 6.07) is 9.67. The van der Waals surface area contributed by atoms with Gasteiger partial charge in [-0.1, -0.05) is 36.4 Å². The molecule has 1 unspecified atom stereocenters. The van der Waals surface area contributed by atoms with Crippen LogP contribution in [-0.4, -0.2) is 18.2 Å². The smallest absolute Gasteiger partial charge is 0.0914 e. The number of hydrogen-bond donors (Lipinski definition) is 2. The molecular formula is C12H17NO. The fourth-order valence-electron chi connectivity index (χ4n) is 1.24. The molecule has 1 aromatic rings. The maximum Gasteiger partial charge on any atom is 0.0914 e. The summed E-state index contributed by atoms with van der Waals surface area (Å²) < 4.78 is 0. The van der Waals surface area contributed by atoms with Crippen LogP contribution < -0.4 is 5.32 Å². The first-order valence-corrected chi connectivity index (χ1v) is 4.89. The van der Waals surface area contributed by atoms with Gasteiger partial charge >= 0.3 is 0 Å². The number of aliphatic hydroxyl groups excluding tert-OH is 1. The Hall–Kier alpha value is -1.12. The molecule has 2 nitrogen and oxygen atoms in total. The number of rotatable bonds is 6. The van der Waals surface area contributed by atoms with Crippen LogP contribution in [0.5, 0.6) is 0 Å². The fourth-order valence-corrected chi connectivity index (χ4v) is 1.24. The minimum absolute atomic E-state index is 0.416. The van der Waals surface area contributed by atoms with Gasteiger partial charge in [0.25, 0.3) is 0 Å². The highest BCUT2D eigenvalue weighted by Gasteiger charge is 2.04. The summed E-state index contributed by atoms with van der Waals surface area (Å²) >= 11 is 0. The van der Waals surface area contributed by atoms with E-state index in [1.807, 2.05) is 36.4 Å². The van der Waals surface area contributed by atoms with E-state index < -0.39 is 6.10 Å². The average Bonchev–Trinajstić information content (AvgIpc) is 2.25. The monoisotopic (exact) mass is 191 g/mol. The van der Waals surface area contributed by atoms with Gasteiger partial charge in [-0.15, -0.1) is 6.58 Å². The fraction of sp³-hybridized carbons (Fsp3) is 0.333. The zero-order valence-corrected chi connectivity index (χ0v) is 8.32. The van der Waals surface area contributed by atoms with Crippen LogP contribution in [0.3, 0.4) is 0 Å². The summed E-state index contributed by atoms with van der Waals surface area (Å²) in [5, 5.41) is 12.9. The van der Waals surface area contributed by atoms with Crippen LogP contribution in [0, 0.1) is 0 Å². The van der Waals surface area contributed by atoms with Gasteiger partial charge in [0.2, 0.25) is 0 Å². The molecule has 0 saturated heterocycles. The minimum atomic E-state index is -0.416. The van der Waals surface area contributed by atoms with Crippen LogP contribution in [-0.2, 0) is 0 Å². The van der Waals surface area contributed by atoms with Crippen molar-refractivity contribution in [2.24, 2.45) is 0 Å². The standard InChI is InChI=1S/C12H17NO/c1-2-3-9-13-10-12(14)11-7-5-4-6-8-11/h2,4-8,12-14H,1,3,9-10H2. The van der Waals surface area contributed by atoms with Gasteiger partial charge in [0, 0.05) is 6.54 Å². The van der Waals surface area contributed by atoms with Crippen molar-refractivity contribution in [2.45, 2.75) is 12.5 Å². The second kappa shape index (κ2) is 6.35. The molecule has 0 saturated carbocycles. The average molecular weight is 191 g/mol. The predicted octanol–water partition coefficient (Wildman–Crippen LogP) is 1.89. The molecule has 0 amide bonds. The van der Waals surface area contributed by atoms with Gasteiger partial charge in [0.1, 0.15) is 0 Å². The molecule has 0 aromatic heterocycles. The van der Waals surface area contributed by atoms with Gasteiger partial charge < -0.3 is 10.4 Å². The van der Waals surface area contributed by atoms with Crippen molar-refractivity contribution in [2.75, 3.05) is 13.1 Å². The molecule has 2 heteroatoms. The van der Waals surface area contributed by atoms with Crippen LogP contribution in [0.4, 0.5) is 0 Å². The summed E-state index contributed by atoms with van der Waals surface area (Å²) in [5.41, 5.74) is 0.957. The normalized spacial score (nSPS) is 12.4. The van der Waals surface area contributed by atoms with Crippen LogP contribution in [0.2, 0.25) is 0 Å². The third-order valence-electron chi connectivity index (χ3n) is 2.05. The van der Waals surface area contributed by atoms with Gasteiger partial charge in [0.15, 0.2) is 0 Å². The lowest BCUT2D eigenvalue weighted by atomic mass is 10.1. The van der Waals surface area contributed by atoms with Crippen molar-refractivity contribution in [3.8, 4) is 0 Å². The van der Waals surface area contributed by atoms with E-state index in [0.717, 1.165) is 18.5 Å². The molecule has 0 spiro atoms. The molecule has 2 N–H and O–H groups in total. The summed E-state index contributed by atoms with van der Waals surface area (Å²) in [6.45, 7) is 5.10. The Morgan fingerprint density at radius 3 is 2.71 bits per heavy atom. The Kier molecular flexibility index (Phi) is 4.97. The Bertz CT molecular complexity index is 258. The maximum atomic E-state index is 9.73. The molecule has 1 aromatic carbocycles. The van der Waals surface area contributed by atoms with E-state index in [4.69, 9.17) is 0 Å². The lowest BCUT2D eigenvalue weighted by molar-refractivity contribution is 0.175.